The molecular weight excluding hydrogens is 338 g/mol. The highest BCUT2D eigenvalue weighted by atomic mass is 16.2. The molecule has 1 unspecified atom stereocenters. The molecular formula is C22H25N3O2. The van der Waals surface area contributed by atoms with Crippen molar-refractivity contribution in [1.82, 2.24) is 5.32 Å². The first kappa shape index (κ1) is 17.7. The Balaban J connectivity index is 1.35. The maximum absolute atomic E-state index is 12.7. The van der Waals surface area contributed by atoms with E-state index in [-0.39, 0.29) is 17.7 Å². The molecule has 5 nitrogen and oxygen atoms in total. The van der Waals surface area contributed by atoms with Crippen LogP contribution in [0.3, 0.4) is 0 Å². The van der Waals surface area contributed by atoms with E-state index < -0.39 is 0 Å². The van der Waals surface area contributed by atoms with E-state index >= 15 is 0 Å². The smallest absolute Gasteiger partial charge is 0.231 e. The molecule has 2 aliphatic heterocycles. The number of hydrogen-bond acceptors (Lipinski definition) is 3. The predicted molar refractivity (Wildman–Crippen MR) is 107 cm³/mol. The van der Waals surface area contributed by atoms with Gasteiger partial charge in [-0.3, -0.25) is 9.59 Å². The van der Waals surface area contributed by atoms with E-state index in [1.165, 1.54) is 5.56 Å². The van der Waals surface area contributed by atoms with Gasteiger partial charge >= 0.3 is 0 Å². The van der Waals surface area contributed by atoms with E-state index in [1.54, 1.807) is 0 Å². The molecule has 0 spiro atoms. The number of nitrogens with zero attached hydrogens (tertiary/aromatic N) is 1. The Morgan fingerprint density at radius 2 is 1.89 bits per heavy atom. The van der Waals surface area contributed by atoms with E-state index in [9.17, 15) is 9.59 Å². The molecule has 140 valence electrons. The van der Waals surface area contributed by atoms with Crippen LogP contribution >= 0.6 is 0 Å². The van der Waals surface area contributed by atoms with Crippen LogP contribution in [-0.2, 0) is 22.4 Å². The summed E-state index contributed by atoms with van der Waals surface area (Å²) < 4.78 is 0. The fraction of sp³-hybridized carbons (Fsp3) is 0.364. The Morgan fingerprint density at radius 3 is 2.59 bits per heavy atom. The maximum Gasteiger partial charge on any atom is 0.231 e. The van der Waals surface area contributed by atoms with Crippen molar-refractivity contribution in [2.24, 2.45) is 11.8 Å². The number of rotatable bonds is 5. The lowest BCUT2D eigenvalue weighted by atomic mass is 9.88. The highest BCUT2D eigenvalue weighted by Gasteiger charge is 2.28. The first-order chi connectivity index (χ1) is 13.1. The normalized spacial score (nSPS) is 17.1. The first-order valence-corrected chi connectivity index (χ1v) is 9.60. The summed E-state index contributed by atoms with van der Waals surface area (Å²) in [6.07, 6.45) is 1.29. The third kappa shape index (κ3) is 3.74. The Labute approximate surface area is 159 Å². The monoisotopic (exact) mass is 363 g/mol. The van der Waals surface area contributed by atoms with Crippen molar-refractivity contribution in [2.45, 2.75) is 19.8 Å². The number of nitrogens with one attached hydrogen (secondary N) is 2. The summed E-state index contributed by atoms with van der Waals surface area (Å²) in [5.41, 5.74) is 4.01. The lowest BCUT2D eigenvalue weighted by Gasteiger charge is -2.31. The number of carbonyl (C=O) groups is 2. The van der Waals surface area contributed by atoms with Crippen LogP contribution in [0.5, 0.6) is 0 Å². The van der Waals surface area contributed by atoms with Gasteiger partial charge in [0.25, 0.3) is 0 Å². The van der Waals surface area contributed by atoms with E-state index in [0.717, 1.165) is 43.0 Å². The number of anilines is 2. The van der Waals surface area contributed by atoms with Crippen molar-refractivity contribution in [1.29, 1.82) is 0 Å². The van der Waals surface area contributed by atoms with Crippen LogP contribution in [0, 0.1) is 11.8 Å². The number of benzene rings is 2. The van der Waals surface area contributed by atoms with Crippen molar-refractivity contribution in [2.75, 3.05) is 29.9 Å². The number of fused-ring (bicyclic) bond motifs is 1. The molecule has 2 aliphatic rings. The highest BCUT2D eigenvalue weighted by molar-refractivity contribution is 5.97. The fourth-order valence-electron chi connectivity index (χ4n) is 3.71. The SMILES string of the molecule is CC(C(=O)Nc1ccc(CC(=O)N2CCc3ccccc32)cc1)C1CNC1. The van der Waals surface area contributed by atoms with Gasteiger partial charge in [-0.15, -0.1) is 0 Å². The molecule has 2 amide bonds. The number of carbonyl (C=O) groups excluding carboxylic acids is 2. The molecule has 2 N–H and O–H groups in total. The van der Waals surface area contributed by atoms with Crippen molar-refractivity contribution in [3.05, 3.63) is 59.7 Å². The molecule has 1 atom stereocenters. The van der Waals surface area contributed by atoms with Crippen LogP contribution in [0.25, 0.3) is 0 Å². The average Bonchev–Trinajstić information content (AvgIpc) is 3.06. The summed E-state index contributed by atoms with van der Waals surface area (Å²) in [4.78, 5) is 26.9. The van der Waals surface area contributed by atoms with E-state index in [0.29, 0.717) is 12.3 Å². The summed E-state index contributed by atoms with van der Waals surface area (Å²) in [6, 6.07) is 15.7. The minimum atomic E-state index is 0.00254. The van der Waals surface area contributed by atoms with Gasteiger partial charge in [0.05, 0.1) is 6.42 Å². The van der Waals surface area contributed by atoms with Crippen LogP contribution in [0.4, 0.5) is 11.4 Å². The maximum atomic E-state index is 12.7. The Morgan fingerprint density at radius 1 is 1.15 bits per heavy atom. The minimum Gasteiger partial charge on any atom is -0.326 e. The third-order valence-corrected chi connectivity index (χ3v) is 5.70. The second-order valence-corrected chi connectivity index (χ2v) is 7.49. The second-order valence-electron chi connectivity index (χ2n) is 7.49. The van der Waals surface area contributed by atoms with Crippen LogP contribution in [0.2, 0.25) is 0 Å². The highest BCUT2D eigenvalue weighted by Crippen LogP contribution is 2.28. The van der Waals surface area contributed by atoms with Gasteiger partial charge in [0.1, 0.15) is 0 Å². The molecule has 0 saturated carbocycles. The lowest BCUT2D eigenvalue weighted by molar-refractivity contribution is -0.121. The fourth-order valence-corrected chi connectivity index (χ4v) is 3.71. The summed E-state index contributed by atoms with van der Waals surface area (Å²) in [5, 5.41) is 6.18. The Kier molecular flexibility index (Phi) is 4.94. The lowest BCUT2D eigenvalue weighted by Crippen LogP contribution is -2.48. The molecule has 1 fully saturated rings. The van der Waals surface area contributed by atoms with Gasteiger partial charge in [-0.1, -0.05) is 37.3 Å². The molecule has 4 rings (SSSR count). The molecule has 2 heterocycles. The molecule has 0 aromatic heterocycles. The van der Waals surface area contributed by atoms with Gasteiger partial charge in [-0.2, -0.15) is 0 Å². The zero-order valence-electron chi connectivity index (χ0n) is 15.6. The van der Waals surface area contributed by atoms with Gasteiger partial charge in [-0.05, 0) is 54.8 Å². The standard InChI is InChI=1S/C22H25N3O2/c1-15(18-13-23-14-18)22(27)24-19-8-6-16(7-9-19)12-21(26)25-11-10-17-4-2-3-5-20(17)25/h2-9,15,18,23H,10-14H2,1H3,(H,24,27). The van der Waals surface area contributed by atoms with E-state index in [4.69, 9.17) is 0 Å². The summed E-state index contributed by atoms with van der Waals surface area (Å²) in [7, 11) is 0. The predicted octanol–water partition coefficient (Wildman–Crippen LogP) is 2.61. The van der Waals surface area contributed by atoms with Crippen molar-refractivity contribution in [3.8, 4) is 0 Å². The zero-order valence-corrected chi connectivity index (χ0v) is 15.6. The topological polar surface area (TPSA) is 61.4 Å². The average molecular weight is 363 g/mol. The van der Waals surface area contributed by atoms with Crippen LogP contribution in [0.15, 0.2) is 48.5 Å². The van der Waals surface area contributed by atoms with Gasteiger partial charge in [0.2, 0.25) is 11.8 Å². The van der Waals surface area contributed by atoms with Crippen LogP contribution in [0.1, 0.15) is 18.1 Å². The number of para-hydroxylation sites is 1. The van der Waals surface area contributed by atoms with Crippen molar-refractivity contribution < 1.29 is 9.59 Å². The largest absolute Gasteiger partial charge is 0.326 e. The summed E-state index contributed by atoms with van der Waals surface area (Å²) in [5.74, 6) is 0.592. The summed E-state index contributed by atoms with van der Waals surface area (Å²) >= 11 is 0. The Bertz CT molecular complexity index is 843. The first-order valence-electron chi connectivity index (χ1n) is 9.60. The van der Waals surface area contributed by atoms with Crippen molar-refractivity contribution >= 4 is 23.2 Å². The van der Waals surface area contributed by atoms with Gasteiger partial charge < -0.3 is 15.5 Å². The zero-order chi connectivity index (χ0) is 18.8. The Hall–Kier alpha value is -2.66. The number of amides is 2. The minimum absolute atomic E-state index is 0.00254. The molecule has 1 saturated heterocycles. The molecule has 2 aromatic rings. The molecule has 0 radical (unpaired) electrons. The molecule has 5 heteroatoms. The summed E-state index contributed by atoms with van der Waals surface area (Å²) in [6.45, 7) is 4.55. The molecule has 27 heavy (non-hydrogen) atoms. The van der Waals surface area contributed by atoms with Crippen LogP contribution in [-0.4, -0.2) is 31.4 Å². The van der Waals surface area contributed by atoms with Gasteiger partial charge in [-0.25, -0.2) is 0 Å². The van der Waals surface area contributed by atoms with Gasteiger partial charge in [0.15, 0.2) is 0 Å². The van der Waals surface area contributed by atoms with Crippen molar-refractivity contribution in [3.63, 3.8) is 0 Å². The van der Waals surface area contributed by atoms with E-state index in [1.807, 2.05) is 54.3 Å². The molecule has 0 aliphatic carbocycles. The third-order valence-electron chi connectivity index (χ3n) is 5.70. The quantitative estimate of drug-likeness (QED) is 0.858. The molecule has 2 aromatic carbocycles. The van der Waals surface area contributed by atoms with Gasteiger partial charge in [0, 0.05) is 23.8 Å². The van der Waals surface area contributed by atoms with E-state index in [2.05, 4.69) is 16.7 Å². The molecule has 0 bridgehead atoms. The van der Waals surface area contributed by atoms with Crippen LogP contribution < -0.4 is 15.5 Å². The second kappa shape index (κ2) is 7.53. The number of hydrogen-bond donors (Lipinski definition) is 2.